The van der Waals surface area contributed by atoms with Gasteiger partial charge < -0.3 is 10.3 Å². The standard InChI is InChI=1S/C18H14BrFN2O2/c19-14-8-13(9-15(20)10-14)17(23)21-6-5-12-7-11-3-1-2-4-16(11)22-18(12)24/h1-4,7-10H,5-6H2,(H,21,23)(H,22,24). The summed E-state index contributed by atoms with van der Waals surface area (Å²) in [7, 11) is 0. The number of carbonyl (C=O) groups excluding carboxylic acids is 1. The topological polar surface area (TPSA) is 62.0 Å². The van der Waals surface area contributed by atoms with Crippen molar-refractivity contribution in [3.8, 4) is 0 Å². The second-order valence-electron chi connectivity index (χ2n) is 5.37. The van der Waals surface area contributed by atoms with Crippen LogP contribution in [-0.2, 0) is 6.42 Å². The fraction of sp³-hybridized carbons (Fsp3) is 0.111. The molecule has 0 aliphatic heterocycles. The second kappa shape index (κ2) is 6.97. The molecule has 0 radical (unpaired) electrons. The van der Waals surface area contributed by atoms with E-state index in [1.54, 1.807) is 6.07 Å². The molecule has 0 saturated heterocycles. The minimum atomic E-state index is -0.486. The van der Waals surface area contributed by atoms with Crippen LogP contribution in [0.3, 0.4) is 0 Å². The van der Waals surface area contributed by atoms with Crippen LogP contribution in [0.15, 0.2) is 57.8 Å². The van der Waals surface area contributed by atoms with Gasteiger partial charge in [0.25, 0.3) is 11.5 Å². The molecular weight excluding hydrogens is 375 g/mol. The number of hydrogen-bond acceptors (Lipinski definition) is 2. The van der Waals surface area contributed by atoms with Crippen molar-refractivity contribution in [1.82, 2.24) is 10.3 Å². The van der Waals surface area contributed by atoms with Gasteiger partial charge in [0, 0.05) is 27.7 Å². The molecule has 2 N–H and O–H groups in total. The summed E-state index contributed by atoms with van der Waals surface area (Å²) in [6, 6.07) is 13.3. The molecule has 0 saturated carbocycles. The zero-order valence-corrected chi connectivity index (χ0v) is 14.2. The third-order valence-electron chi connectivity index (χ3n) is 3.64. The largest absolute Gasteiger partial charge is 0.352 e. The number of benzene rings is 2. The maximum atomic E-state index is 13.3. The third-order valence-corrected chi connectivity index (χ3v) is 4.09. The summed E-state index contributed by atoms with van der Waals surface area (Å²) in [6.07, 6.45) is 0.391. The van der Waals surface area contributed by atoms with E-state index in [-0.39, 0.29) is 23.6 Å². The van der Waals surface area contributed by atoms with Crippen molar-refractivity contribution in [3.05, 3.63) is 80.3 Å². The van der Waals surface area contributed by atoms with Gasteiger partial charge in [0.15, 0.2) is 0 Å². The quantitative estimate of drug-likeness (QED) is 0.719. The maximum absolute atomic E-state index is 13.3. The Morgan fingerprint density at radius 1 is 1.17 bits per heavy atom. The lowest BCUT2D eigenvalue weighted by atomic mass is 10.1. The van der Waals surface area contributed by atoms with Gasteiger partial charge in [-0.05, 0) is 42.1 Å². The van der Waals surface area contributed by atoms with E-state index in [9.17, 15) is 14.0 Å². The van der Waals surface area contributed by atoms with E-state index < -0.39 is 5.82 Å². The van der Waals surface area contributed by atoms with Crippen molar-refractivity contribution >= 4 is 32.7 Å². The Labute approximate surface area is 145 Å². The molecule has 0 aliphatic rings. The molecule has 122 valence electrons. The number of halogens is 2. The lowest BCUT2D eigenvalue weighted by molar-refractivity contribution is 0.0953. The molecule has 1 heterocycles. The van der Waals surface area contributed by atoms with Gasteiger partial charge in [-0.15, -0.1) is 0 Å². The highest BCUT2D eigenvalue weighted by Gasteiger charge is 2.09. The molecule has 1 aromatic heterocycles. The van der Waals surface area contributed by atoms with E-state index in [2.05, 4.69) is 26.2 Å². The highest BCUT2D eigenvalue weighted by atomic mass is 79.9. The van der Waals surface area contributed by atoms with Crippen molar-refractivity contribution in [2.75, 3.05) is 6.54 Å². The van der Waals surface area contributed by atoms with Crippen LogP contribution in [0.5, 0.6) is 0 Å². The summed E-state index contributed by atoms with van der Waals surface area (Å²) in [4.78, 5) is 26.9. The van der Waals surface area contributed by atoms with E-state index in [4.69, 9.17) is 0 Å². The van der Waals surface area contributed by atoms with Crippen LogP contribution in [0.4, 0.5) is 4.39 Å². The van der Waals surface area contributed by atoms with Gasteiger partial charge in [0.2, 0.25) is 0 Å². The minimum Gasteiger partial charge on any atom is -0.352 e. The van der Waals surface area contributed by atoms with Gasteiger partial charge in [0.05, 0.1) is 0 Å². The number of amides is 1. The Hall–Kier alpha value is -2.47. The van der Waals surface area contributed by atoms with Gasteiger partial charge in [-0.2, -0.15) is 0 Å². The van der Waals surface area contributed by atoms with Gasteiger partial charge in [-0.1, -0.05) is 34.1 Å². The highest BCUT2D eigenvalue weighted by Crippen LogP contribution is 2.15. The Balaban J connectivity index is 1.69. The zero-order chi connectivity index (χ0) is 17.1. The van der Waals surface area contributed by atoms with E-state index in [0.717, 1.165) is 10.9 Å². The normalized spacial score (nSPS) is 10.8. The summed E-state index contributed by atoms with van der Waals surface area (Å²) in [5, 5.41) is 3.64. The van der Waals surface area contributed by atoms with Gasteiger partial charge in [-0.25, -0.2) is 4.39 Å². The monoisotopic (exact) mass is 388 g/mol. The summed E-state index contributed by atoms with van der Waals surface area (Å²) >= 11 is 3.15. The maximum Gasteiger partial charge on any atom is 0.251 e. The molecule has 0 fully saturated rings. The SMILES string of the molecule is O=C(NCCc1cc2ccccc2[nH]c1=O)c1cc(F)cc(Br)c1. The van der Waals surface area contributed by atoms with Gasteiger partial charge in [0.1, 0.15) is 5.82 Å². The lowest BCUT2D eigenvalue weighted by Crippen LogP contribution is -2.27. The number of para-hydroxylation sites is 1. The fourth-order valence-electron chi connectivity index (χ4n) is 2.48. The average Bonchev–Trinajstić information content (AvgIpc) is 2.54. The van der Waals surface area contributed by atoms with E-state index >= 15 is 0 Å². The van der Waals surface area contributed by atoms with Crippen molar-refractivity contribution in [3.63, 3.8) is 0 Å². The average molecular weight is 389 g/mol. The molecule has 24 heavy (non-hydrogen) atoms. The Kier molecular flexibility index (Phi) is 4.76. The van der Waals surface area contributed by atoms with Crippen molar-refractivity contribution in [2.24, 2.45) is 0 Å². The smallest absolute Gasteiger partial charge is 0.251 e. The molecule has 1 amide bonds. The number of aromatic nitrogens is 1. The molecule has 0 spiro atoms. The Bertz CT molecular complexity index is 948. The molecule has 0 atom stereocenters. The van der Waals surface area contributed by atoms with Crippen LogP contribution in [0.1, 0.15) is 15.9 Å². The predicted molar refractivity (Wildman–Crippen MR) is 94.7 cm³/mol. The first-order valence-electron chi connectivity index (χ1n) is 7.38. The first kappa shape index (κ1) is 16.4. The van der Waals surface area contributed by atoms with Gasteiger partial charge in [-0.3, -0.25) is 9.59 Å². The lowest BCUT2D eigenvalue weighted by Gasteiger charge is -2.07. The molecule has 0 bridgehead atoms. The molecule has 6 heteroatoms. The number of carbonyl (C=O) groups is 1. The summed E-state index contributed by atoms with van der Waals surface area (Å²) in [6.45, 7) is 0.286. The summed E-state index contributed by atoms with van der Waals surface area (Å²) in [5.41, 5.74) is 1.43. The number of nitrogens with one attached hydrogen (secondary N) is 2. The molecule has 3 rings (SSSR count). The third kappa shape index (κ3) is 3.71. The van der Waals surface area contributed by atoms with Crippen LogP contribution in [0.25, 0.3) is 10.9 Å². The second-order valence-corrected chi connectivity index (χ2v) is 6.29. The summed E-state index contributed by atoms with van der Waals surface area (Å²) in [5.74, 6) is -0.868. The zero-order valence-electron chi connectivity index (χ0n) is 12.6. The molecular formula is C18H14BrFN2O2. The van der Waals surface area contributed by atoms with Crippen LogP contribution >= 0.6 is 15.9 Å². The first-order chi connectivity index (χ1) is 11.5. The van der Waals surface area contributed by atoms with E-state index in [1.807, 2.05) is 30.3 Å². The van der Waals surface area contributed by atoms with E-state index in [0.29, 0.717) is 16.5 Å². The van der Waals surface area contributed by atoms with Crippen molar-refractivity contribution < 1.29 is 9.18 Å². The van der Waals surface area contributed by atoms with Crippen molar-refractivity contribution in [1.29, 1.82) is 0 Å². The first-order valence-corrected chi connectivity index (χ1v) is 8.17. The number of H-pyrrole nitrogens is 1. The van der Waals surface area contributed by atoms with Crippen LogP contribution < -0.4 is 10.9 Å². The van der Waals surface area contributed by atoms with Gasteiger partial charge >= 0.3 is 0 Å². The number of fused-ring (bicyclic) bond motifs is 1. The molecule has 3 aromatic rings. The number of pyridine rings is 1. The van der Waals surface area contributed by atoms with Crippen LogP contribution in [-0.4, -0.2) is 17.4 Å². The molecule has 0 unspecified atom stereocenters. The Morgan fingerprint density at radius 3 is 2.75 bits per heavy atom. The summed E-state index contributed by atoms with van der Waals surface area (Å²) < 4.78 is 13.8. The number of rotatable bonds is 4. The van der Waals surface area contributed by atoms with Crippen molar-refractivity contribution in [2.45, 2.75) is 6.42 Å². The molecule has 4 nitrogen and oxygen atoms in total. The highest BCUT2D eigenvalue weighted by molar-refractivity contribution is 9.10. The van der Waals surface area contributed by atoms with Crippen LogP contribution in [0, 0.1) is 5.82 Å². The molecule has 0 aliphatic carbocycles. The Morgan fingerprint density at radius 2 is 1.96 bits per heavy atom. The van der Waals surface area contributed by atoms with Crippen LogP contribution in [0.2, 0.25) is 0 Å². The predicted octanol–water partition coefficient (Wildman–Crippen LogP) is 3.40. The number of hydrogen-bond donors (Lipinski definition) is 2. The minimum absolute atomic E-state index is 0.170. The fourth-order valence-corrected chi connectivity index (χ4v) is 2.94. The molecule has 2 aromatic carbocycles. The number of aromatic amines is 1. The van der Waals surface area contributed by atoms with E-state index in [1.165, 1.54) is 12.1 Å².